The Balaban J connectivity index is 1.91. The number of esters is 1. The molecule has 0 saturated heterocycles. The topological polar surface area (TPSA) is 98.1 Å². The van der Waals surface area contributed by atoms with Gasteiger partial charge in [0.05, 0.1) is 23.5 Å². The standard InChI is InChI=1S/C17H18FN5O3S/c1-4-19-16(25)22-17-21-13-5-11(12(18)6-14(13)27-17)10-7-20-23(8-10)9(2)15(24)26-3/h5-9H,4H2,1-3H3,(H2,19,21,22,25). The molecule has 3 aromatic rings. The number of urea groups is 1. The van der Waals surface area contributed by atoms with Gasteiger partial charge in [0.1, 0.15) is 11.9 Å². The van der Waals surface area contributed by atoms with Crippen LogP contribution in [0.25, 0.3) is 21.3 Å². The normalized spacial score (nSPS) is 12.0. The number of methoxy groups -OCH3 is 1. The number of hydrogen-bond acceptors (Lipinski definition) is 6. The smallest absolute Gasteiger partial charge is 0.330 e. The van der Waals surface area contributed by atoms with E-state index in [4.69, 9.17) is 4.74 Å². The van der Waals surface area contributed by atoms with E-state index < -0.39 is 17.8 Å². The number of hydrogen-bond donors (Lipinski definition) is 2. The summed E-state index contributed by atoms with van der Waals surface area (Å²) in [7, 11) is 1.30. The quantitative estimate of drug-likeness (QED) is 0.651. The monoisotopic (exact) mass is 391 g/mol. The number of fused-ring (bicyclic) bond motifs is 1. The summed E-state index contributed by atoms with van der Waals surface area (Å²) >= 11 is 1.18. The molecule has 10 heteroatoms. The molecule has 2 heterocycles. The van der Waals surface area contributed by atoms with E-state index in [2.05, 4.69) is 20.7 Å². The van der Waals surface area contributed by atoms with Crippen molar-refractivity contribution in [1.29, 1.82) is 0 Å². The Bertz CT molecular complexity index is 1000. The van der Waals surface area contributed by atoms with Gasteiger partial charge >= 0.3 is 12.0 Å². The van der Waals surface area contributed by atoms with Crippen LogP contribution in [0, 0.1) is 5.82 Å². The molecule has 0 aliphatic rings. The molecule has 3 rings (SSSR count). The summed E-state index contributed by atoms with van der Waals surface area (Å²) in [6.45, 7) is 3.94. The number of nitrogens with zero attached hydrogens (tertiary/aromatic N) is 3. The largest absolute Gasteiger partial charge is 0.467 e. The van der Waals surface area contributed by atoms with E-state index in [1.807, 2.05) is 0 Å². The lowest BCUT2D eigenvalue weighted by atomic mass is 10.1. The first-order valence-corrected chi connectivity index (χ1v) is 9.01. The Morgan fingerprint density at radius 1 is 1.41 bits per heavy atom. The maximum Gasteiger partial charge on any atom is 0.330 e. The zero-order valence-corrected chi connectivity index (χ0v) is 15.8. The number of aromatic nitrogens is 3. The van der Waals surface area contributed by atoms with Gasteiger partial charge in [0.25, 0.3) is 0 Å². The minimum atomic E-state index is -0.623. The number of nitrogens with one attached hydrogen (secondary N) is 2. The number of carbonyl (C=O) groups is 2. The number of ether oxygens (including phenoxy) is 1. The van der Waals surface area contributed by atoms with Crippen molar-refractivity contribution in [3.63, 3.8) is 0 Å². The van der Waals surface area contributed by atoms with E-state index in [0.717, 1.165) is 0 Å². The summed E-state index contributed by atoms with van der Waals surface area (Å²) in [5.74, 6) is -0.887. The minimum absolute atomic E-state index is 0.306. The Hall–Kier alpha value is -3.01. The highest BCUT2D eigenvalue weighted by Gasteiger charge is 2.18. The van der Waals surface area contributed by atoms with Crippen molar-refractivity contribution in [2.24, 2.45) is 0 Å². The van der Waals surface area contributed by atoms with Crippen LogP contribution in [0.5, 0.6) is 0 Å². The summed E-state index contributed by atoms with van der Waals surface area (Å²) in [4.78, 5) is 27.6. The molecule has 0 aliphatic heterocycles. The van der Waals surface area contributed by atoms with Crippen LogP contribution in [0.15, 0.2) is 24.5 Å². The third-order valence-corrected chi connectivity index (χ3v) is 4.82. The lowest BCUT2D eigenvalue weighted by Crippen LogP contribution is -2.28. The van der Waals surface area contributed by atoms with Crippen LogP contribution in [-0.4, -0.2) is 40.4 Å². The molecule has 27 heavy (non-hydrogen) atoms. The van der Waals surface area contributed by atoms with Gasteiger partial charge in [0, 0.05) is 23.9 Å². The Morgan fingerprint density at radius 2 is 2.19 bits per heavy atom. The number of carbonyl (C=O) groups excluding carboxylic acids is 2. The summed E-state index contributed by atoms with van der Waals surface area (Å²) in [6, 6.07) is 1.97. The van der Waals surface area contributed by atoms with E-state index in [-0.39, 0.29) is 6.03 Å². The second kappa shape index (κ2) is 7.70. The van der Waals surface area contributed by atoms with E-state index >= 15 is 0 Å². The molecule has 0 saturated carbocycles. The van der Waals surface area contributed by atoms with E-state index in [0.29, 0.717) is 33.0 Å². The van der Waals surface area contributed by atoms with Gasteiger partial charge in [-0.3, -0.25) is 10.00 Å². The third kappa shape index (κ3) is 3.90. The zero-order chi connectivity index (χ0) is 19.6. The molecule has 8 nitrogen and oxygen atoms in total. The molecule has 1 atom stereocenters. The first-order valence-electron chi connectivity index (χ1n) is 8.20. The van der Waals surface area contributed by atoms with E-state index in [1.165, 1.54) is 35.4 Å². The fraction of sp³-hybridized carbons (Fsp3) is 0.294. The highest BCUT2D eigenvalue weighted by atomic mass is 32.1. The fourth-order valence-corrected chi connectivity index (χ4v) is 3.36. The van der Waals surface area contributed by atoms with Crippen molar-refractivity contribution in [3.05, 3.63) is 30.3 Å². The highest BCUT2D eigenvalue weighted by Crippen LogP contribution is 2.32. The molecule has 2 N–H and O–H groups in total. The zero-order valence-electron chi connectivity index (χ0n) is 14.9. The van der Waals surface area contributed by atoms with Crippen LogP contribution >= 0.6 is 11.3 Å². The van der Waals surface area contributed by atoms with Gasteiger partial charge in [0.15, 0.2) is 5.13 Å². The third-order valence-electron chi connectivity index (χ3n) is 3.89. The van der Waals surface area contributed by atoms with Crippen molar-refractivity contribution in [1.82, 2.24) is 20.1 Å². The van der Waals surface area contributed by atoms with Crippen molar-refractivity contribution in [2.45, 2.75) is 19.9 Å². The number of halogens is 1. The van der Waals surface area contributed by atoms with Crippen LogP contribution in [0.1, 0.15) is 19.9 Å². The van der Waals surface area contributed by atoms with Crippen molar-refractivity contribution < 1.29 is 18.7 Å². The van der Waals surface area contributed by atoms with Crippen LogP contribution in [-0.2, 0) is 9.53 Å². The highest BCUT2D eigenvalue weighted by molar-refractivity contribution is 7.22. The molecule has 1 unspecified atom stereocenters. The maximum atomic E-state index is 14.6. The predicted octanol–water partition coefficient (Wildman–Crippen LogP) is 3.17. The minimum Gasteiger partial charge on any atom is -0.467 e. The molecule has 142 valence electrons. The van der Waals surface area contributed by atoms with Crippen LogP contribution in [0.2, 0.25) is 0 Å². The number of anilines is 1. The summed E-state index contributed by atoms with van der Waals surface area (Å²) in [5.41, 5.74) is 1.37. The summed E-state index contributed by atoms with van der Waals surface area (Å²) in [5, 5.41) is 9.72. The van der Waals surface area contributed by atoms with E-state index in [1.54, 1.807) is 26.1 Å². The molecule has 0 spiro atoms. The van der Waals surface area contributed by atoms with Crippen molar-refractivity contribution >= 4 is 38.7 Å². The lowest BCUT2D eigenvalue weighted by molar-refractivity contribution is -0.144. The second-order valence-electron chi connectivity index (χ2n) is 5.71. The van der Waals surface area contributed by atoms with Crippen LogP contribution < -0.4 is 10.6 Å². The Kier molecular flexibility index (Phi) is 5.36. The molecule has 2 aromatic heterocycles. The van der Waals surface area contributed by atoms with Gasteiger partial charge in [-0.2, -0.15) is 5.10 Å². The number of benzene rings is 1. The van der Waals surface area contributed by atoms with E-state index in [9.17, 15) is 14.0 Å². The Labute approximate surface area is 158 Å². The number of thiazole rings is 1. The van der Waals surface area contributed by atoms with Gasteiger partial charge in [-0.1, -0.05) is 11.3 Å². The van der Waals surface area contributed by atoms with Gasteiger partial charge in [-0.05, 0) is 26.0 Å². The summed E-state index contributed by atoms with van der Waals surface area (Å²) < 4.78 is 21.3. The Morgan fingerprint density at radius 3 is 2.89 bits per heavy atom. The number of amides is 2. The lowest BCUT2D eigenvalue weighted by Gasteiger charge is -2.08. The molecular weight excluding hydrogens is 373 g/mol. The van der Waals surface area contributed by atoms with Gasteiger partial charge < -0.3 is 10.1 Å². The molecule has 2 amide bonds. The van der Waals surface area contributed by atoms with Crippen LogP contribution in [0.4, 0.5) is 14.3 Å². The van der Waals surface area contributed by atoms with Gasteiger partial charge in [0.2, 0.25) is 0 Å². The second-order valence-corrected chi connectivity index (χ2v) is 6.74. The van der Waals surface area contributed by atoms with Crippen LogP contribution in [0.3, 0.4) is 0 Å². The average Bonchev–Trinajstić information content (AvgIpc) is 3.26. The predicted molar refractivity (Wildman–Crippen MR) is 100 cm³/mol. The van der Waals surface area contributed by atoms with Crippen molar-refractivity contribution in [2.75, 3.05) is 19.0 Å². The molecule has 0 bridgehead atoms. The maximum absolute atomic E-state index is 14.6. The molecule has 0 fully saturated rings. The van der Waals surface area contributed by atoms with Crippen molar-refractivity contribution in [3.8, 4) is 11.1 Å². The number of rotatable bonds is 5. The van der Waals surface area contributed by atoms with Gasteiger partial charge in [-0.15, -0.1) is 0 Å². The molecular formula is C17H18FN5O3S. The first kappa shape index (κ1) is 18.8. The summed E-state index contributed by atoms with van der Waals surface area (Å²) in [6.07, 6.45) is 3.05. The van der Waals surface area contributed by atoms with Gasteiger partial charge in [-0.25, -0.2) is 19.0 Å². The first-order chi connectivity index (χ1) is 12.9. The molecule has 0 aliphatic carbocycles. The molecule has 1 aromatic carbocycles. The average molecular weight is 391 g/mol. The fourth-order valence-electron chi connectivity index (χ4n) is 2.49. The SMILES string of the molecule is CCNC(=O)Nc1nc2cc(-c3cnn(C(C)C(=O)OC)c3)c(F)cc2s1. The molecule has 0 radical (unpaired) electrons.